The van der Waals surface area contributed by atoms with Gasteiger partial charge in [-0.1, -0.05) is 18.2 Å². The third kappa shape index (κ3) is 3.32. The second-order valence-corrected chi connectivity index (χ2v) is 5.06. The first-order chi connectivity index (χ1) is 10.0. The molecule has 4 nitrogen and oxygen atoms in total. The number of ether oxygens (including phenoxy) is 1. The van der Waals surface area contributed by atoms with Gasteiger partial charge < -0.3 is 9.64 Å². The summed E-state index contributed by atoms with van der Waals surface area (Å²) in [7, 11) is 3.76. The lowest BCUT2D eigenvalue weighted by molar-refractivity contribution is 0.0354. The minimum absolute atomic E-state index is 0.308. The average molecular weight is 282 g/mol. The number of aromatic nitrogens is 1. The molecule has 0 saturated carbocycles. The number of fused-ring (bicyclic) bond motifs is 1. The molecule has 0 spiro atoms. The van der Waals surface area contributed by atoms with Crippen LogP contribution in [0, 0.1) is 12.3 Å². The Morgan fingerprint density at radius 2 is 2.14 bits per heavy atom. The monoisotopic (exact) mass is 282 g/mol. The van der Waals surface area contributed by atoms with Gasteiger partial charge in [-0.15, -0.1) is 12.3 Å². The van der Waals surface area contributed by atoms with E-state index in [1.54, 1.807) is 13.0 Å². The maximum Gasteiger partial charge on any atom is 0.339 e. The molecule has 108 valence electrons. The zero-order valence-corrected chi connectivity index (χ0v) is 12.5. The smallest absolute Gasteiger partial charge is 0.339 e. The van der Waals surface area contributed by atoms with Crippen molar-refractivity contribution in [1.29, 1.82) is 0 Å². The molecule has 0 fully saturated rings. The summed E-state index contributed by atoms with van der Waals surface area (Å²) in [4.78, 5) is 18.8. The van der Waals surface area contributed by atoms with Crippen molar-refractivity contribution in [3.63, 3.8) is 0 Å². The van der Waals surface area contributed by atoms with E-state index in [-0.39, 0.29) is 12.1 Å². The number of anilines is 1. The summed E-state index contributed by atoms with van der Waals surface area (Å²) >= 11 is 0. The molecule has 1 heterocycles. The van der Waals surface area contributed by atoms with Crippen molar-refractivity contribution >= 4 is 22.7 Å². The average Bonchev–Trinajstić information content (AvgIpc) is 2.46. The van der Waals surface area contributed by atoms with Crippen molar-refractivity contribution < 1.29 is 9.53 Å². The fourth-order valence-electron chi connectivity index (χ4n) is 2.01. The first-order valence-electron chi connectivity index (χ1n) is 6.74. The summed E-state index contributed by atoms with van der Waals surface area (Å²) < 4.78 is 5.39. The number of hydrogen-bond donors (Lipinski definition) is 0. The van der Waals surface area contributed by atoms with Crippen LogP contribution >= 0.6 is 0 Å². The Morgan fingerprint density at radius 3 is 2.81 bits per heavy atom. The molecule has 21 heavy (non-hydrogen) atoms. The normalized spacial score (nSPS) is 11.7. The van der Waals surface area contributed by atoms with Crippen molar-refractivity contribution in [1.82, 2.24) is 4.98 Å². The van der Waals surface area contributed by atoms with Crippen LogP contribution in [0.15, 0.2) is 30.3 Å². The minimum atomic E-state index is -0.376. The summed E-state index contributed by atoms with van der Waals surface area (Å²) in [5.41, 5.74) is 1.27. The number of pyridine rings is 1. The van der Waals surface area contributed by atoms with Crippen LogP contribution < -0.4 is 4.90 Å². The Labute approximate surface area is 124 Å². The number of nitrogens with zero attached hydrogens (tertiary/aromatic N) is 2. The molecule has 0 unspecified atom stereocenters. The van der Waals surface area contributed by atoms with Crippen LogP contribution in [0.25, 0.3) is 10.9 Å². The van der Waals surface area contributed by atoms with E-state index >= 15 is 0 Å². The summed E-state index contributed by atoms with van der Waals surface area (Å²) in [5, 5.41) is 0.779. The van der Waals surface area contributed by atoms with E-state index in [0.29, 0.717) is 17.8 Å². The van der Waals surface area contributed by atoms with Gasteiger partial charge in [-0.2, -0.15) is 0 Å². The molecule has 0 aliphatic heterocycles. The van der Waals surface area contributed by atoms with Crippen LogP contribution in [0.1, 0.15) is 23.7 Å². The van der Waals surface area contributed by atoms with Gasteiger partial charge in [-0.25, -0.2) is 9.78 Å². The Hall–Kier alpha value is -2.54. The van der Waals surface area contributed by atoms with Gasteiger partial charge in [0.1, 0.15) is 11.9 Å². The molecule has 2 aromatic rings. The first kappa shape index (κ1) is 14.9. The van der Waals surface area contributed by atoms with Gasteiger partial charge >= 0.3 is 5.97 Å². The molecule has 0 N–H and O–H groups in total. The van der Waals surface area contributed by atoms with Crippen LogP contribution in [-0.2, 0) is 4.74 Å². The van der Waals surface area contributed by atoms with Gasteiger partial charge in [0, 0.05) is 25.9 Å². The first-order valence-corrected chi connectivity index (χ1v) is 6.74. The highest BCUT2D eigenvalue weighted by atomic mass is 16.5. The Kier molecular flexibility index (Phi) is 4.44. The largest absolute Gasteiger partial charge is 0.458 e. The topological polar surface area (TPSA) is 42.4 Å². The van der Waals surface area contributed by atoms with Crippen LogP contribution in [0.5, 0.6) is 0 Å². The van der Waals surface area contributed by atoms with Crippen molar-refractivity contribution in [2.75, 3.05) is 19.0 Å². The number of carbonyl (C=O) groups is 1. The summed E-state index contributed by atoms with van der Waals surface area (Å²) in [6.07, 6.45) is 5.33. The third-order valence-electron chi connectivity index (χ3n) is 3.09. The standard InChI is InChI=1S/C17H18N2O2/c1-5-8-12(2)21-17(20)14-11-16(19(3)4)18-15-10-7-6-9-13(14)15/h1,6-7,9-12H,8H2,2-4H3/t12-/m1/s1. The maximum absolute atomic E-state index is 12.4. The lowest BCUT2D eigenvalue weighted by atomic mass is 10.1. The number of para-hydroxylation sites is 1. The van der Waals surface area contributed by atoms with Crippen LogP contribution in [0.2, 0.25) is 0 Å². The molecule has 0 radical (unpaired) electrons. The van der Waals surface area contributed by atoms with Crippen LogP contribution in [-0.4, -0.2) is 31.2 Å². The number of benzene rings is 1. The summed E-state index contributed by atoms with van der Waals surface area (Å²) in [6, 6.07) is 9.26. The number of esters is 1. The molecule has 0 saturated heterocycles. The van der Waals surface area contributed by atoms with Crippen molar-refractivity contribution in [2.24, 2.45) is 0 Å². The molecule has 0 amide bonds. The molecule has 0 bridgehead atoms. The van der Waals surface area contributed by atoms with Gasteiger partial charge in [0.05, 0.1) is 11.1 Å². The van der Waals surface area contributed by atoms with E-state index in [4.69, 9.17) is 11.2 Å². The molecular formula is C17H18N2O2. The van der Waals surface area contributed by atoms with E-state index in [0.717, 1.165) is 10.9 Å². The zero-order valence-electron chi connectivity index (χ0n) is 12.5. The van der Waals surface area contributed by atoms with E-state index in [9.17, 15) is 4.79 Å². The molecule has 1 aromatic heterocycles. The van der Waals surface area contributed by atoms with Crippen molar-refractivity contribution in [2.45, 2.75) is 19.4 Å². The Bertz CT molecular complexity index is 701. The van der Waals surface area contributed by atoms with Gasteiger partial charge in [-0.3, -0.25) is 0 Å². The van der Waals surface area contributed by atoms with Crippen LogP contribution in [0.4, 0.5) is 5.82 Å². The fraction of sp³-hybridized carbons (Fsp3) is 0.294. The SMILES string of the molecule is C#CC[C@@H](C)OC(=O)c1cc(N(C)C)nc2ccccc12. The highest BCUT2D eigenvalue weighted by molar-refractivity contribution is 6.04. The molecule has 1 atom stereocenters. The third-order valence-corrected chi connectivity index (χ3v) is 3.09. The van der Waals surface area contributed by atoms with E-state index in [1.165, 1.54) is 0 Å². The highest BCUT2D eigenvalue weighted by Gasteiger charge is 2.17. The summed E-state index contributed by atoms with van der Waals surface area (Å²) in [6.45, 7) is 1.79. The van der Waals surface area contributed by atoms with Gasteiger partial charge in [-0.05, 0) is 19.1 Å². The van der Waals surface area contributed by atoms with Gasteiger partial charge in [0.2, 0.25) is 0 Å². The van der Waals surface area contributed by atoms with Gasteiger partial charge in [0.15, 0.2) is 0 Å². The molecule has 4 heteroatoms. The quantitative estimate of drug-likeness (QED) is 0.639. The van der Waals surface area contributed by atoms with Crippen LogP contribution in [0.3, 0.4) is 0 Å². The summed E-state index contributed by atoms with van der Waals surface area (Å²) in [5.74, 6) is 2.83. The van der Waals surface area contributed by atoms with Gasteiger partial charge in [0.25, 0.3) is 0 Å². The molecular weight excluding hydrogens is 264 g/mol. The number of terminal acetylenes is 1. The Morgan fingerprint density at radius 1 is 1.43 bits per heavy atom. The van der Waals surface area contributed by atoms with E-state index < -0.39 is 0 Å². The minimum Gasteiger partial charge on any atom is -0.458 e. The zero-order chi connectivity index (χ0) is 15.4. The molecule has 0 aliphatic carbocycles. The number of hydrogen-bond acceptors (Lipinski definition) is 4. The number of rotatable bonds is 4. The second kappa shape index (κ2) is 6.27. The molecule has 1 aromatic carbocycles. The van der Waals surface area contributed by atoms with E-state index in [2.05, 4.69) is 10.9 Å². The Balaban J connectivity index is 2.46. The molecule has 0 aliphatic rings. The number of carbonyl (C=O) groups excluding carboxylic acids is 1. The predicted molar refractivity (Wildman–Crippen MR) is 84.4 cm³/mol. The second-order valence-electron chi connectivity index (χ2n) is 5.06. The fourth-order valence-corrected chi connectivity index (χ4v) is 2.01. The van der Waals surface area contributed by atoms with Crippen molar-refractivity contribution in [3.8, 4) is 12.3 Å². The van der Waals surface area contributed by atoms with Crippen molar-refractivity contribution in [3.05, 3.63) is 35.9 Å². The highest BCUT2D eigenvalue weighted by Crippen LogP contribution is 2.23. The predicted octanol–water partition coefficient (Wildman–Crippen LogP) is 2.87. The van der Waals surface area contributed by atoms with E-state index in [1.807, 2.05) is 43.3 Å². The lowest BCUT2D eigenvalue weighted by Gasteiger charge is -2.16. The lowest BCUT2D eigenvalue weighted by Crippen LogP contribution is -2.17. The maximum atomic E-state index is 12.4. The molecule has 2 rings (SSSR count).